The third kappa shape index (κ3) is 3.28. The first kappa shape index (κ1) is 13.9. The van der Waals surface area contributed by atoms with Crippen molar-refractivity contribution >= 4 is 27.5 Å². The maximum absolute atomic E-state index is 9.15. The van der Waals surface area contributed by atoms with Crippen molar-refractivity contribution in [3.8, 4) is 17.6 Å². The highest BCUT2D eigenvalue weighted by Gasteiger charge is 2.07. The Labute approximate surface area is 125 Å². The van der Waals surface area contributed by atoms with Crippen LogP contribution in [0.15, 0.2) is 36.4 Å². The van der Waals surface area contributed by atoms with Crippen molar-refractivity contribution < 1.29 is 4.74 Å². The van der Waals surface area contributed by atoms with Gasteiger partial charge in [0.2, 0.25) is 0 Å². The molecule has 0 aliphatic heterocycles. The van der Waals surface area contributed by atoms with Crippen LogP contribution in [-0.4, -0.2) is 0 Å². The van der Waals surface area contributed by atoms with Gasteiger partial charge in [0.25, 0.3) is 0 Å². The quantitative estimate of drug-likeness (QED) is 0.721. The molecule has 0 aliphatic rings. The lowest BCUT2D eigenvalue weighted by atomic mass is 10.1. The van der Waals surface area contributed by atoms with Gasteiger partial charge in [0.1, 0.15) is 17.6 Å². The highest BCUT2D eigenvalue weighted by atomic mass is 79.9. The van der Waals surface area contributed by atoms with Gasteiger partial charge in [0, 0.05) is 10.4 Å². The number of nitriles is 1. The fourth-order valence-electron chi connectivity index (χ4n) is 1.64. The molecule has 0 atom stereocenters. The largest absolute Gasteiger partial charge is 0.456 e. The molecule has 0 N–H and O–H groups in total. The number of hydrogen-bond donors (Lipinski definition) is 0. The molecular weight excluding hydrogens is 326 g/mol. The number of ether oxygens (including phenoxy) is 1. The van der Waals surface area contributed by atoms with Crippen LogP contribution in [0.5, 0.6) is 11.5 Å². The molecule has 0 unspecified atom stereocenters. The Balaban J connectivity index is 2.33. The van der Waals surface area contributed by atoms with Crippen LogP contribution in [0, 0.1) is 18.3 Å². The number of hydrogen-bond acceptors (Lipinski definition) is 2. The number of aryl methyl sites for hydroxylation is 1. The van der Waals surface area contributed by atoms with E-state index in [4.69, 9.17) is 21.6 Å². The predicted molar refractivity (Wildman–Crippen MR) is 80.1 cm³/mol. The number of nitrogens with zero attached hydrogens (tertiary/aromatic N) is 1. The molecule has 0 aromatic heterocycles. The van der Waals surface area contributed by atoms with E-state index in [1.165, 1.54) is 0 Å². The van der Waals surface area contributed by atoms with Crippen molar-refractivity contribution in [2.75, 3.05) is 0 Å². The van der Waals surface area contributed by atoms with E-state index in [1.54, 1.807) is 18.2 Å². The minimum absolute atomic E-state index is 0.518. The van der Waals surface area contributed by atoms with Crippen LogP contribution in [0.1, 0.15) is 16.7 Å². The summed E-state index contributed by atoms with van der Waals surface area (Å²) in [6, 6.07) is 13.1. The standard InChI is InChI=1S/C15H11BrClNO/c1-10-6-13(3-4-14(10)17)19-15-5-2-11(8-16)7-12(15)9-18/h2-7H,8H2,1H3. The second-order valence-corrected chi connectivity index (χ2v) is 5.06. The fourth-order valence-corrected chi connectivity index (χ4v) is 2.11. The molecule has 0 aliphatic carbocycles. The Morgan fingerprint density at radius 2 is 2.05 bits per heavy atom. The van der Waals surface area contributed by atoms with Gasteiger partial charge in [-0.05, 0) is 48.4 Å². The SMILES string of the molecule is Cc1cc(Oc2ccc(CBr)cc2C#N)ccc1Cl. The van der Waals surface area contributed by atoms with Gasteiger partial charge in [-0.25, -0.2) is 0 Å². The van der Waals surface area contributed by atoms with Gasteiger partial charge < -0.3 is 4.74 Å². The van der Waals surface area contributed by atoms with Gasteiger partial charge in [-0.15, -0.1) is 0 Å². The zero-order chi connectivity index (χ0) is 13.8. The Morgan fingerprint density at radius 3 is 2.68 bits per heavy atom. The highest BCUT2D eigenvalue weighted by molar-refractivity contribution is 9.08. The zero-order valence-corrected chi connectivity index (χ0v) is 12.6. The minimum atomic E-state index is 0.518. The van der Waals surface area contributed by atoms with Crippen molar-refractivity contribution in [3.63, 3.8) is 0 Å². The van der Waals surface area contributed by atoms with Gasteiger partial charge in [-0.3, -0.25) is 0 Å². The average Bonchev–Trinajstić information content (AvgIpc) is 2.43. The maximum atomic E-state index is 9.15. The van der Waals surface area contributed by atoms with E-state index in [1.807, 2.05) is 25.1 Å². The third-order valence-corrected chi connectivity index (χ3v) is 3.75. The van der Waals surface area contributed by atoms with Crippen molar-refractivity contribution in [3.05, 3.63) is 58.1 Å². The molecule has 2 aromatic carbocycles. The van der Waals surface area contributed by atoms with E-state index >= 15 is 0 Å². The molecular formula is C15H11BrClNO. The Hall–Kier alpha value is -1.50. The van der Waals surface area contributed by atoms with Gasteiger partial charge in [-0.1, -0.05) is 33.6 Å². The summed E-state index contributed by atoms with van der Waals surface area (Å²) in [5.41, 5.74) is 2.50. The van der Waals surface area contributed by atoms with E-state index < -0.39 is 0 Å². The number of alkyl halides is 1. The van der Waals surface area contributed by atoms with Crippen molar-refractivity contribution in [2.24, 2.45) is 0 Å². The molecule has 4 heteroatoms. The molecule has 0 amide bonds. The molecule has 0 bridgehead atoms. The topological polar surface area (TPSA) is 33.0 Å². The second-order valence-electron chi connectivity index (χ2n) is 4.09. The second kappa shape index (κ2) is 6.10. The van der Waals surface area contributed by atoms with E-state index in [-0.39, 0.29) is 0 Å². The maximum Gasteiger partial charge on any atom is 0.145 e. The smallest absolute Gasteiger partial charge is 0.145 e. The summed E-state index contributed by atoms with van der Waals surface area (Å²) in [5.74, 6) is 1.22. The first-order valence-corrected chi connectivity index (χ1v) is 7.17. The van der Waals surface area contributed by atoms with Crippen LogP contribution >= 0.6 is 27.5 Å². The average molecular weight is 337 g/mol. The van der Waals surface area contributed by atoms with Crippen LogP contribution in [-0.2, 0) is 5.33 Å². The van der Waals surface area contributed by atoms with Gasteiger partial charge >= 0.3 is 0 Å². The summed E-state index contributed by atoms with van der Waals surface area (Å²) in [5, 5.41) is 10.6. The molecule has 2 aromatic rings. The molecule has 96 valence electrons. The van der Waals surface area contributed by atoms with E-state index in [9.17, 15) is 0 Å². The summed E-state index contributed by atoms with van der Waals surface area (Å²) >= 11 is 9.33. The van der Waals surface area contributed by atoms with E-state index in [2.05, 4.69) is 22.0 Å². The minimum Gasteiger partial charge on any atom is -0.456 e. The molecule has 0 saturated carbocycles. The van der Waals surface area contributed by atoms with E-state index in [0.29, 0.717) is 27.4 Å². The Bertz CT molecular complexity index is 649. The predicted octanol–water partition coefficient (Wildman–Crippen LogP) is 5.21. The molecule has 0 spiro atoms. The summed E-state index contributed by atoms with van der Waals surface area (Å²) in [6.45, 7) is 1.91. The summed E-state index contributed by atoms with van der Waals surface area (Å²) in [4.78, 5) is 0. The van der Waals surface area contributed by atoms with Crippen LogP contribution in [0.3, 0.4) is 0 Å². The molecule has 0 radical (unpaired) electrons. The number of rotatable bonds is 3. The van der Waals surface area contributed by atoms with Crippen molar-refractivity contribution in [2.45, 2.75) is 12.3 Å². The summed E-state index contributed by atoms with van der Waals surface area (Å²) in [6.07, 6.45) is 0. The Morgan fingerprint density at radius 1 is 1.26 bits per heavy atom. The monoisotopic (exact) mass is 335 g/mol. The number of benzene rings is 2. The summed E-state index contributed by atoms with van der Waals surface area (Å²) < 4.78 is 5.74. The molecule has 0 fully saturated rings. The zero-order valence-electron chi connectivity index (χ0n) is 10.3. The first-order chi connectivity index (χ1) is 9.13. The third-order valence-electron chi connectivity index (χ3n) is 2.68. The molecule has 0 heterocycles. The molecule has 2 nitrogen and oxygen atoms in total. The van der Waals surface area contributed by atoms with Gasteiger partial charge in [0.05, 0.1) is 5.56 Å². The Kier molecular flexibility index (Phi) is 4.47. The van der Waals surface area contributed by atoms with Crippen LogP contribution in [0.4, 0.5) is 0 Å². The molecule has 2 rings (SSSR count). The molecule has 19 heavy (non-hydrogen) atoms. The molecule has 0 saturated heterocycles. The number of halogens is 2. The normalized spacial score (nSPS) is 10.0. The van der Waals surface area contributed by atoms with E-state index in [0.717, 1.165) is 11.1 Å². The lowest BCUT2D eigenvalue weighted by Gasteiger charge is -2.09. The van der Waals surface area contributed by atoms with Crippen LogP contribution in [0.25, 0.3) is 0 Å². The van der Waals surface area contributed by atoms with Gasteiger partial charge in [-0.2, -0.15) is 5.26 Å². The highest BCUT2D eigenvalue weighted by Crippen LogP contribution is 2.29. The van der Waals surface area contributed by atoms with Crippen molar-refractivity contribution in [1.82, 2.24) is 0 Å². The fraction of sp³-hybridized carbons (Fsp3) is 0.133. The van der Waals surface area contributed by atoms with Crippen molar-refractivity contribution in [1.29, 1.82) is 5.26 Å². The lowest BCUT2D eigenvalue weighted by molar-refractivity contribution is 0.480. The summed E-state index contributed by atoms with van der Waals surface area (Å²) in [7, 11) is 0. The van der Waals surface area contributed by atoms with Crippen LogP contribution < -0.4 is 4.74 Å². The van der Waals surface area contributed by atoms with Gasteiger partial charge in [0.15, 0.2) is 0 Å². The van der Waals surface area contributed by atoms with Crippen LogP contribution in [0.2, 0.25) is 5.02 Å². The lowest BCUT2D eigenvalue weighted by Crippen LogP contribution is -1.90. The first-order valence-electron chi connectivity index (χ1n) is 5.67.